The number of nitrogens with one attached hydrogen (secondary N) is 3. The van der Waals surface area contributed by atoms with Crippen LogP contribution in [0.2, 0.25) is 0 Å². The second kappa shape index (κ2) is 7.98. The molecule has 2 heterocycles. The van der Waals surface area contributed by atoms with Gasteiger partial charge in [0, 0.05) is 25.7 Å². The topological polar surface area (TPSA) is 95.6 Å². The van der Waals surface area contributed by atoms with Gasteiger partial charge in [0.1, 0.15) is 18.0 Å². The summed E-state index contributed by atoms with van der Waals surface area (Å²) in [5, 5.41) is 12.6. The highest BCUT2D eigenvalue weighted by atomic mass is 16.1. The van der Waals surface area contributed by atoms with Gasteiger partial charge in [-0.1, -0.05) is 6.92 Å². The summed E-state index contributed by atoms with van der Waals surface area (Å²) in [5.41, 5.74) is 0.575. The number of nitrogens with zero attached hydrogens (tertiary/aromatic N) is 3. The summed E-state index contributed by atoms with van der Waals surface area (Å²) in [6.45, 7) is 3.45. The first-order valence-corrected chi connectivity index (χ1v) is 7.12. The van der Waals surface area contributed by atoms with Crippen LogP contribution in [0.3, 0.4) is 0 Å². The molecule has 2 rings (SSSR count). The summed E-state index contributed by atoms with van der Waals surface area (Å²) in [4.78, 5) is 20.4. The molecule has 0 unspecified atom stereocenters. The lowest BCUT2D eigenvalue weighted by molar-refractivity contribution is 0.0953. The standard InChI is InChI=1S/C14H20N6O/c1-2-7-15-13-11(5-3-8-16-13)14(21)17-9-4-6-12-18-10-19-20-12/h3,5,8,10H,2,4,6-7,9H2,1H3,(H,15,16)(H,17,21)(H,18,19,20). The molecule has 0 atom stereocenters. The maximum atomic E-state index is 12.2. The van der Waals surface area contributed by atoms with E-state index in [0.29, 0.717) is 17.9 Å². The quantitative estimate of drug-likeness (QED) is 0.638. The van der Waals surface area contributed by atoms with Gasteiger partial charge in [-0.25, -0.2) is 9.97 Å². The summed E-state index contributed by atoms with van der Waals surface area (Å²) in [7, 11) is 0. The molecule has 0 aliphatic heterocycles. The first-order chi connectivity index (χ1) is 10.3. The number of hydrogen-bond acceptors (Lipinski definition) is 5. The lowest BCUT2D eigenvalue weighted by Gasteiger charge is -2.10. The number of aryl methyl sites for hydroxylation is 1. The van der Waals surface area contributed by atoms with E-state index in [1.165, 1.54) is 6.33 Å². The second-order valence-electron chi connectivity index (χ2n) is 4.62. The van der Waals surface area contributed by atoms with E-state index < -0.39 is 0 Å². The molecule has 0 aliphatic carbocycles. The Morgan fingerprint density at radius 1 is 1.33 bits per heavy atom. The molecule has 0 spiro atoms. The van der Waals surface area contributed by atoms with Crippen molar-refractivity contribution in [1.29, 1.82) is 0 Å². The number of aromatic nitrogens is 4. The summed E-state index contributed by atoms with van der Waals surface area (Å²) in [6.07, 6.45) is 5.70. The third-order valence-corrected chi connectivity index (χ3v) is 2.94. The Morgan fingerprint density at radius 3 is 3.00 bits per heavy atom. The zero-order chi connectivity index (χ0) is 14.9. The zero-order valence-corrected chi connectivity index (χ0v) is 12.1. The minimum atomic E-state index is -0.112. The largest absolute Gasteiger partial charge is 0.369 e. The Hall–Kier alpha value is -2.44. The highest BCUT2D eigenvalue weighted by Crippen LogP contribution is 2.11. The molecule has 0 saturated heterocycles. The Labute approximate surface area is 123 Å². The number of anilines is 1. The molecule has 7 heteroatoms. The third kappa shape index (κ3) is 4.55. The normalized spacial score (nSPS) is 10.3. The van der Waals surface area contributed by atoms with Crippen LogP contribution in [0.15, 0.2) is 24.7 Å². The van der Waals surface area contributed by atoms with Crippen molar-refractivity contribution in [2.45, 2.75) is 26.2 Å². The zero-order valence-electron chi connectivity index (χ0n) is 12.1. The number of aromatic amines is 1. The fourth-order valence-electron chi connectivity index (χ4n) is 1.88. The monoisotopic (exact) mass is 288 g/mol. The van der Waals surface area contributed by atoms with Gasteiger partial charge in [-0.2, -0.15) is 5.10 Å². The molecular weight excluding hydrogens is 268 g/mol. The van der Waals surface area contributed by atoms with Gasteiger partial charge < -0.3 is 10.6 Å². The fourth-order valence-corrected chi connectivity index (χ4v) is 1.88. The number of amides is 1. The maximum absolute atomic E-state index is 12.2. The van der Waals surface area contributed by atoms with E-state index in [4.69, 9.17) is 0 Å². The van der Waals surface area contributed by atoms with Crippen molar-refractivity contribution < 1.29 is 4.79 Å². The van der Waals surface area contributed by atoms with Crippen LogP contribution in [0.1, 0.15) is 35.9 Å². The predicted molar refractivity (Wildman–Crippen MR) is 80.1 cm³/mol. The average Bonchev–Trinajstić information content (AvgIpc) is 3.03. The highest BCUT2D eigenvalue weighted by Gasteiger charge is 2.11. The van der Waals surface area contributed by atoms with E-state index in [-0.39, 0.29) is 5.91 Å². The molecule has 7 nitrogen and oxygen atoms in total. The summed E-state index contributed by atoms with van der Waals surface area (Å²) >= 11 is 0. The third-order valence-electron chi connectivity index (χ3n) is 2.94. The van der Waals surface area contributed by atoms with Gasteiger partial charge in [0.15, 0.2) is 0 Å². The molecule has 112 valence electrons. The number of carbonyl (C=O) groups is 1. The van der Waals surface area contributed by atoms with Crippen LogP contribution in [0.4, 0.5) is 5.82 Å². The molecule has 2 aromatic rings. The maximum Gasteiger partial charge on any atom is 0.255 e. The first-order valence-electron chi connectivity index (χ1n) is 7.12. The number of rotatable bonds is 8. The van der Waals surface area contributed by atoms with Gasteiger partial charge in [0.25, 0.3) is 5.91 Å². The van der Waals surface area contributed by atoms with Crippen LogP contribution in [-0.4, -0.2) is 39.2 Å². The van der Waals surface area contributed by atoms with Crippen LogP contribution >= 0.6 is 0 Å². The molecule has 0 aromatic carbocycles. The van der Waals surface area contributed by atoms with Crippen LogP contribution < -0.4 is 10.6 Å². The number of pyridine rings is 1. The van der Waals surface area contributed by atoms with Crippen molar-refractivity contribution in [3.05, 3.63) is 36.0 Å². The molecule has 0 bridgehead atoms. The van der Waals surface area contributed by atoms with E-state index in [9.17, 15) is 4.79 Å². The lowest BCUT2D eigenvalue weighted by atomic mass is 10.2. The lowest BCUT2D eigenvalue weighted by Crippen LogP contribution is -2.26. The summed E-state index contributed by atoms with van der Waals surface area (Å²) in [6, 6.07) is 3.54. The molecule has 21 heavy (non-hydrogen) atoms. The van der Waals surface area contributed by atoms with Crippen molar-refractivity contribution in [1.82, 2.24) is 25.5 Å². The van der Waals surface area contributed by atoms with Gasteiger partial charge in [-0.05, 0) is 25.0 Å². The van der Waals surface area contributed by atoms with Crippen LogP contribution in [0.25, 0.3) is 0 Å². The Morgan fingerprint density at radius 2 is 2.24 bits per heavy atom. The molecule has 0 radical (unpaired) electrons. The molecule has 0 aliphatic rings. The first kappa shape index (κ1) is 15.0. The molecule has 2 aromatic heterocycles. The van der Waals surface area contributed by atoms with E-state index in [1.807, 2.05) is 0 Å². The smallest absolute Gasteiger partial charge is 0.255 e. The van der Waals surface area contributed by atoms with Crippen LogP contribution in [0, 0.1) is 0 Å². The van der Waals surface area contributed by atoms with Crippen molar-refractivity contribution in [2.75, 3.05) is 18.4 Å². The van der Waals surface area contributed by atoms with Crippen molar-refractivity contribution in [3.63, 3.8) is 0 Å². The van der Waals surface area contributed by atoms with E-state index in [1.54, 1.807) is 18.3 Å². The minimum absolute atomic E-state index is 0.112. The van der Waals surface area contributed by atoms with Crippen LogP contribution in [0.5, 0.6) is 0 Å². The molecule has 0 fully saturated rings. The average molecular weight is 288 g/mol. The number of H-pyrrole nitrogens is 1. The second-order valence-corrected chi connectivity index (χ2v) is 4.62. The molecule has 1 amide bonds. The molecular formula is C14H20N6O. The van der Waals surface area contributed by atoms with Gasteiger partial charge >= 0.3 is 0 Å². The van der Waals surface area contributed by atoms with Gasteiger partial charge in [-0.3, -0.25) is 9.89 Å². The fraction of sp³-hybridized carbons (Fsp3) is 0.429. The number of carbonyl (C=O) groups excluding carboxylic acids is 1. The Bertz CT molecular complexity index is 554. The van der Waals surface area contributed by atoms with Gasteiger partial charge in [0.2, 0.25) is 0 Å². The minimum Gasteiger partial charge on any atom is -0.369 e. The summed E-state index contributed by atoms with van der Waals surface area (Å²) < 4.78 is 0. The van der Waals surface area contributed by atoms with Crippen LogP contribution in [-0.2, 0) is 6.42 Å². The van der Waals surface area contributed by atoms with Crippen molar-refractivity contribution in [3.8, 4) is 0 Å². The Kier molecular flexibility index (Phi) is 5.69. The highest BCUT2D eigenvalue weighted by molar-refractivity contribution is 5.98. The van der Waals surface area contributed by atoms with Crippen molar-refractivity contribution in [2.24, 2.45) is 0 Å². The number of hydrogen-bond donors (Lipinski definition) is 3. The molecule has 0 saturated carbocycles. The SMILES string of the molecule is CCCNc1ncccc1C(=O)NCCCc1ncn[nH]1. The van der Waals surface area contributed by atoms with Crippen molar-refractivity contribution >= 4 is 11.7 Å². The van der Waals surface area contributed by atoms with Gasteiger partial charge in [0.05, 0.1) is 5.56 Å². The van der Waals surface area contributed by atoms with E-state index in [0.717, 1.165) is 31.6 Å². The Balaban J connectivity index is 1.82. The predicted octanol–water partition coefficient (Wildman–Crippen LogP) is 1.38. The van der Waals surface area contributed by atoms with E-state index in [2.05, 4.69) is 37.7 Å². The summed E-state index contributed by atoms with van der Waals surface area (Å²) in [5.74, 6) is 1.35. The van der Waals surface area contributed by atoms with Gasteiger partial charge in [-0.15, -0.1) is 0 Å². The molecule has 3 N–H and O–H groups in total. The van der Waals surface area contributed by atoms with E-state index >= 15 is 0 Å².